The third-order valence-corrected chi connectivity index (χ3v) is 5.18. The number of amides is 1. The second-order valence-corrected chi connectivity index (χ2v) is 7.20. The first kappa shape index (κ1) is 16.6. The molecule has 2 N–H and O–H groups in total. The van der Waals surface area contributed by atoms with Crippen LogP contribution in [0.1, 0.15) is 56.0 Å². The monoisotopic (exact) mass is 372 g/mol. The zero-order valence-electron chi connectivity index (χ0n) is 14.0. The molecule has 3 aromatic heterocycles. The molecule has 26 heavy (non-hydrogen) atoms. The van der Waals surface area contributed by atoms with Gasteiger partial charge in [0.2, 0.25) is 0 Å². The van der Waals surface area contributed by atoms with Crippen molar-refractivity contribution in [2.45, 2.75) is 32.1 Å². The number of carbonyl (C=O) groups excluding carboxylic acids is 1. The van der Waals surface area contributed by atoms with Crippen LogP contribution in [0.5, 0.6) is 0 Å². The lowest BCUT2D eigenvalue weighted by molar-refractivity contribution is 0.0690. The predicted molar refractivity (Wildman–Crippen MR) is 93.6 cm³/mol. The molecule has 1 fully saturated rings. The summed E-state index contributed by atoms with van der Waals surface area (Å²) in [6.45, 7) is 2.14. The summed E-state index contributed by atoms with van der Waals surface area (Å²) in [6, 6.07) is 1.82. The van der Waals surface area contributed by atoms with E-state index in [2.05, 4.69) is 20.4 Å². The minimum atomic E-state index is -1.05. The average molecular weight is 372 g/mol. The van der Waals surface area contributed by atoms with E-state index in [0.29, 0.717) is 46.2 Å². The van der Waals surface area contributed by atoms with E-state index in [1.54, 1.807) is 6.92 Å². The number of aromatic carboxylic acids is 1. The molecule has 1 aliphatic rings. The summed E-state index contributed by atoms with van der Waals surface area (Å²) in [6.07, 6.45) is 2.61. The molecule has 0 radical (unpaired) electrons. The van der Waals surface area contributed by atoms with Crippen LogP contribution in [0.3, 0.4) is 0 Å². The number of rotatable bonds is 6. The molecule has 8 nitrogen and oxygen atoms in total. The number of aromatic nitrogens is 3. The number of carboxylic acid groups (broad SMARTS) is 1. The highest BCUT2D eigenvalue weighted by Gasteiger charge is 2.28. The molecule has 4 rings (SSSR count). The Bertz CT molecular complexity index is 1010. The SMILES string of the molecule is Cc1noc2nc(C3CC3)cc(C(=O)NCCc3nc(C(=O)O)cs3)c12. The number of nitrogens with one attached hydrogen (secondary N) is 1. The van der Waals surface area contributed by atoms with Crippen molar-refractivity contribution in [1.29, 1.82) is 0 Å². The number of hydrogen-bond donors (Lipinski definition) is 2. The van der Waals surface area contributed by atoms with E-state index in [1.807, 2.05) is 6.07 Å². The van der Waals surface area contributed by atoms with Gasteiger partial charge in [-0.05, 0) is 25.8 Å². The van der Waals surface area contributed by atoms with Gasteiger partial charge < -0.3 is 14.9 Å². The van der Waals surface area contributed by atoms with Crippen molar-refractivity contribution in [3.05, 3.63) is 39.1 Å². The van der Waals surface area contributed by atoms with E-state index in [9.17, 15) is 9.59 Å². The van der Waals surface area contributed by atoms with E-state index in [-0.39, 0.29) is 11.6 Å². The van der Waals surface area contributed by atoms with E-state index in [1.165, 1.54) is 16.7 Å². The van der Waals surface area contributed by atoms with Gasteiger partial charge in [0.05, 0.1) is 21.7 Å². The quantitative estimate of drug-likeness (QED) is 0.682. The maximum Gasteiger partial charge on any atom is 0.355 e. The van der Waals surface area contributed by atoms with Crippen molar-refractivity contribution in [2.24, 2.45) is 0 Å². The Kier molecular flexibility index (Phi) is 4.15. The molecular formula is C17H16N4O4S. The maximum absolute atomic E-state index is 12.7. The smallest absolute Gasteiger partial charge is 0.355 e. The molecule has 1 saturated carbocycles. The molecule has 1 aliphatic carbocycles. The normalized spacial score (nSPS) is 13.9. The Hall–Kier alpha value is -2.81. The third kappa shape index (κ3) is 3.17. The molecular weight excluding hydrogens is 356 g/mol. The minimum absolute atomic E-state index is 0.0290. The Morgan fingerprint density at radius 1 is 1.38 bits per heavy atom. The van der Waals surface area contributed by atoms with Crippen LogP contribution >= 0.6 is 11.3 Å². The number of pyridine rings is 1. The predicted octanol–water partition coefficient (Wildman–Crippen LogP) is 2.54. The molecule has 0 bridgehead atoms. The number of carboxylic acids is 1. The maximum atomic E-state index is 12.7. The standard InChI is InChI=1S/C17H16N4O4S/c1-8-14-10(6-11(9-2-3-9)20-16(14)25-21-8)15(22)18-5-4-13-19-12(7-26-13)17(23)24/h6-7,9H,2-5H2,1H3,(H,18,22)(H,23,24). The summed E-state index contributed by atoms with van der Waals surface area (Å²) in [5.74, 6) is -0.881. The summed E-state index contributed by atoms with van der Waals surface area (Å²) in [7, 11) is 0. The van der Waals surface area contributed by atoms with Crippen molar-refractivity contribution >= 4 is 34.3 Å². The molecule has 0 saturated heterocycles. The molecule has 0 unspecified atom stereocenters. The first-order valence-corrected chi connectivity index (χ1v) is 9.13. The van der Waals surface area contributed by atoms with Crippen LogP contribution < -0.4 is 5.32 Å². The second-order valence-electron chi connectivity index (χ2n) is 6.25. The van der Waals surface area contributed by atoms with Crippen LogP contribution in [0.15, 0.2) is 16.0 Å². The summed E-state index contributed by atoms with van der Waals surface area (Å²) in [4.78, 5) is 32.0. The van der Waals surface area contributed by atoms with Gasteiger partial charge in [-0.15, -0.1) is 11.3 Å². The van der Waals surface area contributed by atoms with Gasteiger partial charge in [-0.3, -0.25) is 4.79 Å². The summed E-state index contributed by atoms with van der Waals surface area (Å²) in [5.41, 5.74) is 2.43. The fraction of sp³-hybridized carbons (Fsp3) is 0.353. The highest BCUT2D eigenvalue weighted by molar-refractivity contribution is 7.09. The molecule has 0 spiro atoms. The Morgan fingerprint density at radius 2 is 2.19 bits per heavy atom. The number of fused-ring (bicyclic) bond motifs is 1. The highest BCUT2D eigenvalue weighted by atomic mass is 32.1. The summed E-state index contributed by atoms with van der Waals surface area (Å²) < 4.78 is 5.25. The van der Waals surface area contributed by atoms with Crippen molar-refractivity contribution in [2.75, 3.05) is 6.54 Å². The van der Waals surface area contributed by atoms with E-state index in [4.69, 9.17) is 9.63 Å². The zero-order chi connectivity index (χ0) is 18.3. The number of hydrogen-bond acceptors (Lipinski definition) is 7. The van der Waals surface area contributed by atoms with Gasteiger partial charge in [-0.25, -0.2) is 14.8 Å². The first-order chi connectivity index (χ1) is 12.5. The molecule has 134 valence electrons. The molecule has 1 amide bonds. The summed E-state index contributed by atoms with van der Waals surface area (Å²) >= 11 is 1.27. The Balaban J connectivity index is 1.50. The number of carbonyl (C=O) groups is 2. The van der Waals surface area contributed by atoms with E-state index < -0.39 is 5.97 Å². The van der Waals surface area contributed by atoms with Gasteiger partial charge in [0.15, 0.2) is 5.69 Å². The van der Waals surface area contributed by atoms with Crippen LogP contribution in [-0.2, 0) is 6.42 Å². The largest absolute Gasteiger partial charge is 0.476 e. The fourth-order valence-corrected chi connectivity index (χ4v) is 3.56. The average Bonchev–Trinajstić information content (AvgIpc) is 3.25. The van der Waals surface area contributed by atoms with Crippen molar-refractivity contribution in [3.8, 4) is 0 Å². The van der Waals surface area contributed by atoms with Crippen LogP contribution in [0, 0.1) is 6.92 Å². The molecule has 3 heterocycles. The molecule has 0 aliphatic heterocycles. The van der Waals surface area contributed by atoms with Crippen LogP contribution in [0.2, 0.25) is 0 Å². The highest BCUT2D eigenvalue weighted by Crippen LogP contribution is 2.40. The molecule has 0 atom stereocenters. The van der Waals surface area contributed by atoms with Crippen LogP contribution in [0.25, 0.3) is 11.1 Å². The minimum Gasteiger partial charge on any atom is -0.476 e. The van der Waals surface area contributed by atoms with Gasteiger partial charge in [0, 0.05) is 30.0 Å². The number of aryl methyl sites for hydroxylation is 1. The van der Waals surface area contributed by atoms with Gasteiger partial charge >= 0.3 is 5.97 Å². The first-order valence-electron chi connectivity index (χ1n) is 8.25. The third-order valence-electron chi connectivity index (χ3n) is 4.27. The summed E-state index contributed by atoms with van der Waals surface area (Å²) in [5, 5.41) is 18.5. The Labute approximate surface area is 152 Å². The van der Waals surface area contributed by atoms with Gasteiger partial charge in [-0.2, -0.15) is 0 Å². The number of thiazole rings is 1. The zero-order valence-corrected chi connectivity index (χ0v) is 14.8. The van der Waals surface area contributed by atoms with Gasteiger partial charge in [0.1, 0.15) is 0 Å². The second kappa shape index (κ2) is 6.49. The topological polar surface area (TPSA) is 118 Å². The van der Waals surface area contributed by atoms with Gasteiger partial charge in [-0.1, -0.05) is 5.16 Å². The van der Waals surface area contributed by atoms with Gasteiger partial charge in [0.25, 0.3) is 11.6 Å². The molecule has 9 heteroatoms. The lowest BCUT2D eigenvalue weighted by Crippen LogP contribution is -2.26. The van der Waals surface area contributed by atoms with Crippen LogP contribution in [0.4, 0.5) is 0 Å². The van der Waals surface area contributed by atoms with Crippen LogP contribution in [-0.4, -0.2) is 38.7 Å². The lowest BCUT2D eigenvalue weighted by Gasteiger charge is -2.07. The lowest BCUT2D eigenvalue weighted by atomic mass is 10.1. The molecule has 0 aromatic carbocycles. The van der Waals surface area contributed by atoms with Crippen molar-refractivity contribution in [3.63, 3.8) is 0 Å². The van der Waals surface area contributed by atoms with E-state index in [0.717, 1.165) is 18.5 Å². The fourth-order valence-electron chi connectivity index (χ4n) is 2.78. The van der Waals surface area contributed by atoms with Crippen molar-refractivity contribution in [1.82, 2.24) is 20.4 Å². The molecule has 3 aromatic rings. The van der Waals surface area contributed by atoms with Crippen molar-refractivity contribution < 1.29 is 19.2 Å². The Morgan fingerprint density at radius 3 is 2.88 bits per heavy atom. The number of nitrogens with zero attached hydrogens (tertiary/aromatic N) is 3. The van der Waals surface area contributed by atoms with E-state index >= 15 is 0 Å².